The first-order chi connectivity index (χ1) is 11.2. The summed E-state index contributed by atoms with van der Waals surface area (Å²) >= 11 is 0. The molecule has 3 amide bonds. The van der Waals surface area contributed by atoms with Gasteiger partial charge < -0.3 is 19.9 Å². The van der Waals surface area contributed by atoms with Gasteiger partial charge in [-0.3, -0.25) is 10.1 Å². The number of methoxy groups -OCH3 is 1. The van der Waals surface area contributed by atoms with E-state index in [0.717, 1.165) is 0 Å². The third-order valence-electron chi connectivity index (χ3n) is 2.87. The van der Waals surface area contributed by atoms with Crippen molar-refractivity contribution in [3.8, 4) is 11.5 Å². The zero-order chi connectivity index (χ0) is 18.3. The monoisotopic (exact) mass is 338 g/mol. The zero-order valence-corrected chi connectivity index (χ0v) is 14.1. The second-order valence-corrected chi connectivity index (χ2v) is 5.47. The van der Waals surface area contributed by atoms with E-state index in [-0.39, 0.29) is 5.56 Å². The second kappa shape index (κ2) is 8.76. The van der Waals surface area contributed by atoms with E-state index in [2.05, 4.69) is 0 Å². The maximum atomic E-state index is 12.1. The molecule has 0 aliphatic heterocycles. The summed E-state index contributed by atoms with van der Waals surface area (Å²) in [5.41, 5.74) is 5.02. The lowest BCUT2D eigenvalue weighted by molar-refractivity contribution is -0.127. The van der Waals surface area contributed by atoms with Gasteiger partial charge in [-0.15, -0.1) is 0 Å². The van der Waals surface area contributed by atoms with Crippen LogP contribution in [0.2, 0.25) is 0 Å². The van der Waals surface area contributed by atoms with Gasteiger partial charge in [0.25, 0.3) is 5.91 Å². The van der Waals surface area contributed by atoms with Gasteiger partial charge in [0.1, 0.15) is 0 Å². The molecule has 0 spiro atoms. The Kier molecular flexibility index (Phi) is 7.03. The van der Waals surface area contributed by atoms with Gasteiger partial charge in [-0.1, -0.05) is 13.8 Å². The molecule has 0 saturated carbocycles. The Morgan fingerprint density at radius 2 is 1.83 bits per heavy atom. The Morgan fingerprint density at radius 1 is 1.17 bits per heavy atom. The van der Waals surface area contributed by atoms with Crippen molar-refractivity contribution in [2.24, 2.45) is 11.7 Å². The number of esters is 1. The van der Waals surface area contributed by atoms with Gasteiger partial charge in [-0.05, 0) is 31.0 Å². The topological polar surface area (TPSA) is 117 Å². The first-order valence-corrected chi connectivity index (χ1v) is 7.36. The molecular formula is C16H22N2O6. The van der Waals surface area contributed by atoms with Gasteiger partial charge >= 0.3 is 12.0 Å². The van der Waals surface area contributed by atoms with Gasteiger partial charge in [0.2, 0.25) is 0 Å². The van der Waals surface area contributed by atoms with E-state index < -0.39 is 24.0 Å². The van der Waals surface area contributed by atoms with Crippen LogP contribution in [-0.4, -0.2) is 37.7 Å². The average molecular weight is 338 g/mol. The molecule has 0 saturated heterocycles. The number of rotatable bonds is 7. The van der Waals surface area contributed by atoms with Crippen molar-refractivity contribution in [1.82, 2.24) is 5.32 Å². The lowest BCUT2D eigenvalue weighted by Crippen LogP contribution is -2.42. The molecule has 0 heterocycles. The predicted octanol–water partition coefficient (Wildman–Crippen LogP) is 1.47. The van der Waals surface area contributed by atoms with Crippen molar-refractivity contribution in [3.63, 3.8) is 0 Å². The number of amides is 3. The number of imide groups is 1. The van der Waals surface area contributed by atoms with Crippen LogP contribution in [0.5, 0.6) is 11.5 Å². The quantitative estimate of drug-likeness (QED) is 0.727. The Bertz CT molecular complexity index is 615. The summed E-state index contributed by atoms with van der Waals surface area (Å²) in [6, 6.07) is 3.53. The van der Waals surface area contributed by atoms with Gasteiger partial charge in [0.05, 0.1) is 19.3 Å². The van der Waals surface area contributed by atoms with Gasteiger partial charge in [-0.25, -0.2) is 9.59 Å². The molecule has 0 radical (unpaired) electrons. The minimum absolute atomic E-state index is 0.183. The summed E-state index contributed by atoms with van der Waals surface area (Å²) in [6.07, 6.45) is -1.17. The molecule has 1 rings (SSSR count). The highest BCUT2D eigenvalue weighted by Crippen LogP contribution is 2.28. The number of nitrogens with two attached hydrogens (primary N) is 1. The Labute approximate surface area is 140 Å². The standard InChI is InChI=1S/C16H22N2O6/c1-9(2)8-23-12-6-5-11(7-13(12)22-4)15(20)24-10(3)14(19)18-16(17)21/h5-7,9-10H,8H2,1-4H3,(H3,17,18,19,21)/t10-/m0/s1. The molecule has 1 atom stereocenters. The van der Waals surface area contributed by atoms with E-state index in [9.17, 15) is 14.4 Å². The molecule has 0 aliphatic carbocycles. The molecule has 0 unspecified atom stereocenters. The molecule has 3 N–H and O–H groups in total. The minimum atomic E-state index is -1.17. The van der Waals surface area contributed by atoms with Crippen LogP contribution in [0.1, 0.15) is 31.1 Å². The van der Waals surface area contributed by atoms with Crippen LogP contribution in [0.4, 0.5) is 4.79 Å². The maximum Gasteiger partial charge on any atom is 0.339 e. The fourth-order valence-corrected chi connectivity index (χ4v) is 1.68. The first-order valence-electron chi connectivity index (χ1n) is 7.36. The lowest BCUT2D eigenvalue weighted by atomic mass is 10.2. The summed E-state index contributed by atoms with van der Waals surface area (Å²) in [5.74, 6) is -0.332. The SMILES string of the molecule is COc1cc(C(=O)O[C@@H](C)C(=O)NC(N)=O)ccc1OCC(C)C. The Balaban J connectivity index is 2.80. The van der Waals surface area contributed by atoms with Gasteiger partial charge in [0, 0.05) is 0 Å². The highest BCUT2D eigenvalue weighted by atomic mass is 16.5. The third-order valence-corrected chi connectivity index (χ3v) is 2.87. The molecule has 0 fully saturated rings. The number of carbonyl (C=O) groups is 3. The number of carbonyl (C=O) groups excluding carboxylic acids is 3. The largest absolute Gasteiger partial charge is 0.493 e. The number of hydrogen-bond acceptors (Lipinski definition) is 6. The average Bonchev–Trinajstić information content (AvgIpc) is 2.51. The first kappa shape index (κ1) is 19.3. The fraction of sp³-hybridized carbons (Fsp3) is 0.438. The van der Waals surface area contributed by atoms with E-state index in [1.165, 1.54) is 26.2 Å². The van der Waals surface area contributed by atoms with Crippen molar-refractivity contribution in [3.05, 3.63) is 23.8 Å². The van der Waals surface area contributed by atoms with Crippen molar-refractivity contribution < 1.29 is 28.6 Å². The summed E-state index contributed by atoms with van der Waals surface area (Å²) in [4.78, 5) is 34.2. The van der Waals surface area contributed by atoms with E-state index in [1.807, 2.05) is 19.2 Å². The number of ether oxygens (including phenoxy) is 3. The van der Waals surface area contributed by atoms with E-state index in [4.69, 9.17) is 19.9 Å². The fourth-order valence-electron chi connectivity index (χ4n) is 1.68. The maximum absolute atomic E-state index is 12.1. The molecule has 8 heteroatoms. The molecular weight excluding hydrogens is 316 g/mol. The van der Waals surface area contributed by atoms with Crippen LogP contribution in [0.25, 0.3) is 0 Å². The summed E-state index contributed by atoms with van der Waals surface area (Å²) < 4.78 is 15.8. The van der Waals surface area contributed by atoms with Crippen LogP contribution in [-0.2, 0) is 9.53 Å². The molecule has 1 aromatic carbocycles. The molecule has 0 bridgehead atoms. The summed E-state index contributed by atoms with van der Waals surface area (Å²) in [7, 11) is 1.45. The van der Waals surface area contributed by atoms with Crippen molar-refractivity contribution in [2.45, 2.75) is 26.9 Å². The van der Waals surface area contributed by atoms with E-state index >= 15 is 0 Å². The van der Waals surface area contributed by atoms with Gasteiger partial charge in [0.15, 0.2) is 17.6 Å². The van der Waals surface area contributed by atoms with Crippen molar-refractivity contribution in [2.75, 3.05) is 13.7 Å². The summed E-state index contributed by atoms with van der Waals surface area (Å²) in [5, 5.41) is 1.84. The van der Waals surface area contributed by atoms with Crippen LogP contribution in [0.15, 0.2) is 18.2 Å². The van der Waals surface area contributed by atoms with Gasteiger partial charge in [-0.2, -0.15) is 0 Å². The number of hydrogen-bond donors (Lipinski definition) is 2. The van der Waals surface area contributed by atoms with Crippen molar-refractivity contribution >= 4 is 17.9 Å². The number of nitrogens with one attached hydrogen (secondary N) is 1. The molecule has 8 nitrogen and oxygen atoms in total. The molecule has 0 aromatic heterocycles. The molecule has 132 valence electrons. The number of primary amides is 1. The minimum Gasteiger partial charge on any atom is -0.493 e. The number of urea groups is 1. The van der Waals surface area contributed by atoms with Crippen LogP contribution < -0.4 is 20.5 Å². The highest BCUT2D eigenvalue weighted by Gasteiger charge is 2.21. The third kappa shape index (κ3) is 5.79. The zero-order valence-electron chi connectivity index (χ0n) is 14.1. The molecule has 1 aromatic rings. The summed E-state index contributed by atoms with van der Waals surface area (Å²) in [6.45, 7) is 5.85. The molecule has 0 aliphatic rings. The van der Waals surface area contributed by atoms with Crippen LogP contribution >= 0.6 is 0 Å². The van der Waals surface area contributed by atoms with Crippen molar-refractivity contribution in [1.29, 1.82) is 0 Å². The number of benzene rings is 1. The Hall–Kier alpha value is -2.77. The second-order valence-electron chi connectivity index (χ2n) is 5.47. The lowest BCUT2D eigenvalue weighted by Gasteiger charge is -2.15. The highest BCUT2D eigenvalue weighted by molar-refractivity contribution is 5.98. The predicted molar refractivity (Wildman–Crippen MR) is 85.9 cm³/mol. The van der Waals surface area contributed by atoms with Crippen LogP contribution in [0.3, 0.4) is 0 Å². The smallest absolute Gasteiger partial charge is 0.339 e. The Morgan fingerprint density at radius 3 is 2.38 bits per heavy atom. The normalized spacial score (nSPS) is 11.5. The van der Waals surface area contributed by atoms with E-state index in [1.54, 1.807) is 6.07 Å². The van der Waals surface area contributed by atoms with E-state index in [0.29, 0.717) is 24.0 Å². The molecule has 24 heavy (non-hydrogen) atoms. The van der Waals surface area contributed by atoms with Crippen LogP contribution in [0, 0.1) is 5.92 Å².